The summed E-state index contributed by atoms with van der Waals surface area (Å²) in [5, 5.41) is 3.37. The molecule has 1 aromatic carbocycles. The van der Waals surface area contributed by atoms with Crippen LogP contribution in [0.4, 0.5) is 4.39 Å². The van der Waals surface area contributed by atoms with Crippen LogP contribution in [0.25, 0.3) is 0 Å². The standard InChI is InChI=1S/C17H27FN2/c1-5-17(3,20-10-6-7-11-20)16(19-4)14-12-13(2)8-9-15(14)18/h8-9,12,16,19H,5-7,10-11H2,1-4H3. The van der Waals surface area contributed by atoms with E-state index in [4.69, 9.17) is 0 Å². The summed E-state index contributed by atoms with van der Waals surface area (Å²) in [6.45, 7) is 8.73. The monoisotopic (exact) mass is 278 g/mol. The highest BCUT2D eigenvalue weighted by Gasteiger charge is 2.40. The second-order valence-electron chi connectivity index (χ2n) is 6.15. The lowest BCUT2D eigenvalue weighted by atomic mass is 9.82. The largest absolute Gasteiger partial charge is 0.311 e. The molecule has 2 atom stereocenters. The van der Waals surface area contributed by atoms with Gasteiger partial charge in [-0.25, -0.2) is 4.39 Å². The van der Waals surface area contributed by atoms with Crippen LogP contribution in [0.15, 0.2) is 18.2 Å². The van der Waals surface area contributed by atoms with Gasteiger partial charge in [-0.15, -0.1) is 0 Å². The van der Waals surface area contributed by atoms with Gasteiger partial charge >= 0.3 is 0 Å². The van der Waals surface area contributed by atoms with Gasteiger partial charge in [0.2, 0.25) is 0 Å². The maximum absolute atomic E-state index is 14.3. The van der Waals surface area contributed by atoms with Crippen LogP contribution >= 0.6 is 0 Å². The van der Waals surface area contributed by atoms with Crippen molar-refractivity contribution in [1.29, 1.82) is 0 Å². The third-order valence-electron chi connectivity index (χ3n) is 4.92. The van der Waals surface area contributed by atoms with Crippen molar-refractivity contribution in [1.82, 2.24) is 10.2 Å². The first-order chi connectivity index (χ1) is 9.52. The van der Waals surface area contributed by atoms with Crippen molar-refractivity contribution in [2.75, 3.05) is 20.1 Å². The Hall–Kier alpha value is -0.930. The van der Waals surface area contributed by atoms with E-state index in [1.807, 2.05) is 26.1 Å². The molecule has 2 rings (SSSR count). The van der Waals surface area contributed by atoms with Crippen LogP contribution in [0.1, 0.15) is 50.3 Å². The molecule has 0 bridgehead atoms. The average molecular weight is 278 g/mol. The molecular weight excluding hydrogens is 251 g/mol. The summed E-state index contributed by atoms with van der Waals surface area (Å²) in [6, 6.07) is 5.44. The van der Waals surface area contributed by atoms with Gasteiger partial charge in [-0.3, -0.25) is 4.90 Å². The van der Waals surface area contributed by atoms with E-state index in [0.717, 1.165) is 30.6 Å². The van der Waals surface area contributed by atoms with E-state index in [0.29, 0.717) is 0 Å². The highest BCUT2D eigenvalue weighted by Crippen LogP contribution is 2.37. The number of hydrogen-bond acceptors (Lipinski definition) is 2. The van der Waals surface area contributed by atoms with Crippen molar-refractivity contribution in [3.05, 3.63) is 35.1 Å². The van der Waals surface area contributed by atoms with Gasteiger partial charge in [0.1, 0.15) is 5.82 Å². The fraction of sp³-hybridized carbons (Fsp3) is 0.647. The highest BCUT2D eigenvalue weighted by molar-refractivity contribution is 5.29. The molecule has 1 N–H and O–H groups in total. The molecule has 1 aromatic rings. The Morgan fingerprint density at radius 1 is 1.35 bits per heavy atom. The quantitative estimate of drug-likeness (QED) is 0.884. The van der Waals surface area contributed by atoms with Gasteiger partial charge in [-0.1, -0.05) is 24.6 Å². The minimum atomic E-state index is -0.103. The lowest BCUT2D eigenvalue weighted by molar-refractivity contribution is 0.0857. The molecule has 2 unspecified atom stereocenters. The Kier molecular flexibility index (Phi) is 4.82. The van der Waals surface area contributed by atoms with Crippen molar-refractivity contribution in [2.45, 2.75) is 51.6 Å². The lowest BCUT2D eigenvalue weighted by Gasteiger charge is -2.44. The first-order valence-corrected chi connectivity index (χ1v) is 7.71. The molecule has 0 radical (unpaired) electrons. The predicted octanol–water partition coefficient (Wildman–Crippen LogP) is 3.66. The van der Waals surface area contributed by atoms with Crippen LogP contribution in [0.2, 0.25) is 0 Å². The number of likely N-dealkylation sites (tertiary alicyclic amines) is 1. The Morgan fingerprint density at radius 2 is 2.00 bits per heavy atom. The molecule has 1 saturated heterocycles. The van der Waals surface area contributed by atoms with E-state index >= 15 is 0 Å². The van der Waals surface area contributed by atoms with Gasteiger partial charge in [0.25, 0.3) is 0 Å². The van der Waals surface area contributed by atoms with Crippen molar-refractivity contribution in [2.24, 2.45) is 0 Å². The van der Waals surface area contributed by atoms with E-state index in [2.05, 4.69) is 24.1 Å². The van der Waals surface area contributed by atoms with Gasteiger partial charge in [-0.05, 0) is 59.3 Å². The van der Waals surface area contributed by atoms with Crippen molar-refractivity contribution >= 4 is 0 Å². The number of nitrogens with zero attached hydrogens (tertiary/aromatic N) is 1. The zero-order chi connectivity index (χ0) is 14.8. The van der Waals surface area contributed by atoms with Gasteiger partial charge in [0.15, 0.2) is 0 Å². The zero-order valence-corrected chi connectivity index (χ0v) is 13.2. The van der Waals surface area contributed by atoms with Gasteiger partial charge in [-0.2, -0.15) is 0 Å². The fourth-order valence-electron chi connectivity index (χ4n) is 3.52. The SMILES string of the molecule is CCC(C)(C(NC)c1cc(C)ccc1F)N1CCCC1. The Balaban J connectivity index is 2.40. The zero-order valence-electron chi connectivity index (χ0n) is 13.2. The fourth-order valence-corrected chi connectivity index (χ4v) is 3.52. The van der Waals surface area contributed by atoms with Gasteiger partial charge < -0.3 is 5.32 Å². The van der Waals surface area contributed by atoms with E-state index in [1.54, 1.807) is 6.07 Å². The summed E-state index contributed by atoms with van der Waals surface area (Å²) < 4.78 is 14.3. The third kappa shape index (κ3) is 2.75. The molecule has 0 saturated carbocycles. The first kappa shape index (κ1) is 15.5. The molecule has 0 aromatic heterocycles. The van der Waals surface area contributed by atoms with E-state index in [-0.39, 0.29) is 17.4 Å². The molecule has 112 valence electrons. The molecule has 1 aliphatic rings. The maximum Gasteiger partial charge on any atom is 0.128 e. The van der Waals surface area contributed by atoms with Crippen LogP contribution in [0, 0.1) is 12.7 Å². The summed E-state index contributed by atoms with van der Waals surface area (Å²) >= 11 is 0. The molecule has 0 spiro atoms. The van der Waals surface area contributed by atoms with E-state index < -0.39 is 0 Å². The molecule has 3 heteroatoms. The molecule has 2 nitrogen and oxygen atoms in total. The van der Waals surface area contributed by atoms with Crippen molar-refractivity contribution < 1.29 is 4.39 Å². The van der Waals surface area contributed by atoms with Gasteiger partial charge in [0.05, 0.1) is 6.04 Å². The number of aryl methyl sites for hydroxylation is 1. The highest BCUT2D eigenvalue weighted by atomic mass is 19.1. The summed E-state index contributed by atoms with van der Waals surface area (Å²) in [6.07, 6.45) is 3.51. The van der Waals surface area contributed by atoms with Crippen LogP contribution < -0.4 is 5.32 Å². The molecule has 1 heterocycles. The number of hydrogen-bond donors (Lipinski definition) is 1. The number of rotatable bonds is 5. The van der Waals surface area contributed by atoms with Crippen LogP contribution in [0.3, 0.4) is 0 Å². The Morgan fingerprint density at radius 3 is 2.55 bits per heavy atom. The number of likely N-dealkylation sites (N-methyl/N-ethyl adjacent to an activating group) is 1. The minimum absolute atomic E-state index is 0.0190. The molecule has 1 aliphatic heterocycles. The molecular formula is C17H27FN2. The Labute approximate surface area is 122 Å². The topological polar surface area (TPSA) is 15.3 Å². The number of nitrogens with one attached hydrogen (secondary N) is 1. The second kappa shape index (κ2) is 6.23. The van der Waals surface area contributed by atoms with E-state index in [9.17, 15) is 4.39 Å². The molecule has 0 aliphatic carbocycles. The lowest BCUT2D eigenvalue weighted by Crippen LogP contribution is -2.52. The summed E-state index contributed by atoms with van der Waals surface area (Å²) in [4.78, 5) is 2.52. The average Bonchev–Trinajstić information content (AvgIpc) is 2.97. The minimum Gasteiger partial charge on any atom is -0.311 e. The summed E-state index contributed by atoms with van der Waals surface area (Å²) in [5.41, 5.74) is 1.87. The number of benzene rings is 1. The predicted molar refractivity (Wildman–Crippen MR) is 82.4 cm³/mol. The van der Waals surface area contributed by atoms with Crippen LogP contribution in [-0.4, -0.2) is 30.6 Å². The number of halogens is 1. The third-order valence-corrected chi connectivity index (χ3v) is 4.92. The maximum atomic E-state index is 14.3. The normalized spacial score (nSPS) is 20.9. The van der Waals surface area contributed by atoms with Crippen molar-refractivity contribution in [3.63, 3.8) is 0 Å². The van der Waals surface area contributed by atoms with Crippen LogP contribution in [-0.2, 0) is 0 Å². The van der Waals surface area contributed by atoms with Crippen LogP contribution in [0.5, 0.6) is 0 Å². The smallest absolute Gasteiger partial charge is 0.128 e. The first-order valence-electron chi connectivity index (χ1n) is 7.71. The van der Waals surface area contributed by atoms with Gasteiger partial charge in [0, 0.05) is 11.1 Å². The van der Waals surface area contributed by atoms with E-state index in [1.165, 1.54) is 12.8 Å². The molecule has 1 fully saturated rings. The van der Waals surface area contributed by atoms with Crippen molar-refractivity contribution in [3.8, 4) is 0 Å². The Bertz CT molecular complexity index is 454. The summed E-state index contributed by atoms with van der Waals surface area (Å²) in [7, 11) is 1.94. The molecule has 20 heavy (non-hydrogen) atoms. The molecule has 0 amide bonds. The summed E-state index contributed by atoms with van der Waals surface area (Å²) in [5.74, 6) is -0.103. The second-order valence-corrected chi connectivity index (χ2v) is 6.15.